The lowest BCUT2D eigenvalue weighted by atomic mass is 10.1. The number of unbranched alkanes of at least 4 members (excludes halogenated alkanes) is 1. The normalized spacial score (nSPS) is 13.2. The number of hydrogen-bond acceptors (Lipinski definition) is 4. The van der Waals surface area contributed by atoms with Crippen molar-refractivity contribution in [1.29, 1.82) is 0 Å². The Balaban J connectivity index is 4.48. The first-order valence-electron chi connectivity index (χ1n) is 6.77. The first kappa shape index (κ1) is 16.3. The molecule has 4 heteroatoms. The number of nitrogens with zero attached hydrogens (tertiary/aromatic N) is 2. The fourth-order valence-corrected chi connectivity index (χ4v) is 1.68. The molecule has 0 aromatic carbocycles. The van der Waals surface area contributed by atoms with Crippen LogP contribution in [0.2, 0.25) is 0 Å². The highest BCUT2D eigenvalue weighted by molar-refractivity contribution is 6.42. The molecule has 100 valence electrons. The van der Waals surface area contributed by atoms with Crippen LogP contribution < -0.4 is 11.5 Å². The molecule has 0 aliphatic carbocycles. The van der Waals surface area contributed by atoms with Gasteiger partial charge in [-0.25, -0.2) is 0 Å². The van der Waals surface area contributed by atoms with Crippen LogP contribution >= 0.6 is 0 Å². The Bertz CT molecular complexity index is 234. The third-order valence-electron chi connectivity index (χ3n) is 2.50. The summed E-state index contributed by atoms with van der Waals surface area (Å²) in [7, 11) is 0. The lowest BCUT2D eigenvalue weighted by Crippen LogP contribution is -2.17. The molecule has 0 aromatic rings. The van der Waals surface area contributed by atoms with Gasteiger partial charge < -0.3 is 11.5 Å². The van der Waals surface area contributed by atoms with Crippen LogP contribution in [0.1, 0.15) is 52.4 Å². The second-order valence-corrected chi connectivity index (χ2v) is 4.11. The molecule has 0 unspecified atom stereocenters. The predicted molar refractivity (Wildman–Crippen MR) is 76.9 cm³/mol. The van der Waals surface area contributed by atoms with Crippen molar-refractivity contribution in [2.75, 3.05) is 19.8 Å². The van der Waals surface area contributed by atoms with Gasteiger partial charge in [-0.3, -0.25) is 9.98 Å². The minimum atomic E-state index is 0.362. The molecular formula is C13H28N4. The van der Waals surface area contributed by atoms with Crippen LogP contribution in [0.4, 0.5) is 0 Å². The summed E-state index contributed by atoms with van der Waals surface area (Å²) in [6.45, 7) is 6.30. The Morgan fingerprint density at radius 1 is 0.882 bits per heavy atom. The fourth-order valence-electron chi connectivity index (χ4n) is 1.68. The van der Waals surface area contributed by atoms with Gasteiger partial charge in [-0.15, -0.1) is 0 Å². The Morgan fingerprint density at radius 3 is 1.94 bits per heavy atom. The lowest BCUT2D eigenvalue weighted by molar-refractivity contribution is 0.754. The molecule has 0 bridgehead atoms. The molecule has 0 aliphatic heterocycles. The molecule has 17 heavy (non-hydrogen) atoms. The SMILES string of the molecule is CCCC(=NCCCCN)/C(CCC)=N/CN. The fraction of sp³-hybridized carbons (Fsp3) is 0.846. The minimum Gasteiger partial charge on any atom is -0.330 e. The summed E-state index contributed by atoms with van der Waals surface area (Å²) >= 11 is 0. The zero-order chi connectivity index (χ0) is 12.9. The van der Waals surface area contributed by atoms with Gasteiger partial charge in [0, 0.05) is 6.54 Å². The summed E-state index contributed by atoms with van der Waals surface area (Å²) in [6.07, 6.45) is 6.27. The van der Waals surface area contributed by atoms with Crippen molar-refractivity contribution in [3.63, 3.8) is 0 Å². The Morgan fingerprint density at radius 2 is 1.47 bits per heavy atom. The molecule has 0 aromatic heterocycles. The van der Waals surface area contributed by atoms with E-state index < -0.39 is 0 Å². The van der Waals surface area contributed by atoms with Gasteiger partial charge >= 0.3 is 0 Å². The molecule has 0 radical (unpaired) electrons. The van der Waals surface area contributed by atoms with Crippen molar-refractivity contribution in [2.45, 2.75) is 52.4 Å². The average molecular weight is 240 g/mol. The largest absolute Gasteiger partial charge is 0.330 e. The predicted octanol–water partition coefficient (Wildman–Crippen LogP) is 2.12. The summed E-state index contributed by atoms with van der Waals surface area (Å²) in [5.41, 5.74) is 13.2. The van der Waals surface area contributed by atoms with E-state index in [0.29, 0.717) is 6.67 Å². The van der Waals surface area contributed by atoms with Crippen molar-refractivity contribution in [3.05, 3.63) is 0 Å². The van der Waals surface area contributed by atoms with Crippen LogP contribution in [0.3, 0.4) is 0 Å². The quantitative estimate of drug-likeness (QED) is 0.453. The molecule has 0 amide bonds. The molecule has 4 nitrogen and oxygen atoms in total. The number of aliphatic imine (C=N–C) groups is 2. The molecule has 4 N–H and O–H groups in total. The smallest absolute Gasteiger partial charge is 0.0863 e. The third kappa shape index (κ3) is 8.05. The molecule has 0 rings (SSSR count). The van der Waals surface area contributed by atoms with Gasteiger partial charge in [-0.2, -0.15) is 0 Å². The summed E-state index contributed by atoms with van der Waals surface area (Å²) in [6, 6.07) is 0. The van der Waals surface area contributed by atoms with Crippen LogP contribution in [0, 0.1) is 0 Å². The molecule has 0 saturated heterocycles. The molecule has 0 spiro atoms. The van der Waals surface area contributed by atoms with E-state index in [1.54, 1.807) is 0 Å². The van der Waals surface area contributed by atoms with Crippen LogP contribution in [0.25, 0.3) is 0 Å². The van der Waals surface area contributed by atoms with Crippen LogP contribution in [-0.4, -0.2) is 31.2 Å². The van der Waals surface area contributed by atoms with Gasteiger partial charge in [-0.1, -0.05) is 26.7 Å². The summed E-state index contributed by atoms with van der Waals surface area (Å²) in [5, 5.41) is 0. The highest BCUT2D eigenvalue weighted by Gasteiger charge is 2.06. The van der Waals surface area contributed by atoms with E-state index >= 15 is 0 Å². The number of hydrogen-bond donors (Lipinski definition) is 2. The summed E-state index contributed by atoms with van der Waals surface area (Å²) in [4.78, 5) is 9.03. The van der Waals surface area contributed by atoms with Gasteiger partial charge in [0.15, 0.2) is 0 Å². The number of rotatable bonds is 10. The summed E-state index contributed by atoms with van der Waals surface area (Å²) < 4.78 is 0. The van der Waals surface area contributed by atoms with Gasteiger partial charge in [-0.05, 0) is 32.2 Å². The Hall–Kier alpha value is -0.740. The molecule has 0 heterocycles. The van der Waals surface area contributed by atoms with Crippen molar-refractivity contribution >= 4 is 11.4 Å². The lowest BCUT2D eigenvalue weighted by Gasteiger charge is -2.09. The zero-order valence-corrected chi connectivity index (χ0v) is 11.4. The van der Waals surface area contributed by atoms with Crippen molar-refractivity contribution in [1.82, 2.24) is 0 Å². The average Bonchev–Trinajstić information content (AvgIpc) is 2.33. The highest BCUT2D eigenvalue weighted by Crippen LogP contribution is 2.03. The molecule has 0 aliphatic rings. The van der Waals surface area contributed by atoms with Gasteiger partial charge in [0.1, 0.15) is 0 Å². The molecular weight excluding hydrogens is 212 g/mol. The van der Waals surface area contributed by atoms with Gasteiger partial charge in [0.05, 0.1) is 18.1 Å². The molecule has 0 saturated carbocycles. The first-order valence-corrected chi connectivity index (χ1v) is 6.77. The van der Waals surface area contributed by atoms with E-state index in [2.05, 4.69) is 23.8 Å². The monoisotopic (exact) mass is 240 g/mol. The van der Waals surface area contributed by atoms with Gasteiger partial charge in [0.25, 0.3) is 0 Å². The molecule has 0 atom stereocenters. The van der Waals surface area contributed by atoms with E-state index in [-0.39, 0.29) is 0 Å². The van der Waals surface area contributed by atoms with E-state index in [9.17, 15) is 0 Å². The van der Waals surface area contributed by atoms with Gasteiger partial charge in [0.2, 0.25) is 0 Å². The van der Waals surface area contributed by atoms with E-state index in [0.717, 1.165) is 63.0 Å². The highest BCUT2D eigenvalue weighted by atomic mass is 14.9. The van der Waals surface area contributed by atoms with Crippen LogP contribution in [0.15, 0.2) is 9.98 Å². The standard InChI is InChI=1S/C13H28N4/c1-3-7-12(16-10-6-5-9-14)13(8-4-2)17-11-15/h3-11,14-15H2,1-2H3/b16-12?,17-13+. The van der Waals surface area contributed by atoms with E-state index in [4.69, 9.17) is 11.5 Å². The second-order valence-electron chi connectivity index (χ2n) is 4.11. The summed E-state index contributed by atoms with van der Waals surface area (Å²) in [5.74, 6) is 0. The van der Waals surface area contributed by atoms with Crippen molar-refractivity contribution in [2.24, 2.45) is 21.5 Å². The third-order valence-corrected chi connectivity index (χ3v) is 2.50. The second kappa shape index (κ2) is 11.7. The van der Waals surface area contributed by atoms with E-state index in [1.807, 2.05) is 0 Å². The Kier molecular flexibility index (Phi) is 11.2. The Labute approximate surface area is 106 Å². The van der Waals surface area contributed by atoms with Crippen molar-refractivity contribution in [3.8, 4) is 0 Å². The maximum absolute atomic E-state index is 5.51. The van der Waals surface area contributed by atoms with Crippen LogP contribution in [0.5, 0.6) is 0 Å². The first-order chi connectivity index (χ1) is 8.29. The van der Waals surface area contributed by atoms with E-state index in [1.165, 1.54) is 0 Å². The maximum Gasteiger partial charge on any atom is 0.0863 e. The number of nitrogens with two attached hydrogens (primary N) is 2. The van der Waals surface area contributed by atoms with Crippen molar-refractivity contribution < 1.29 is 0 Å². The minimum absolute atomic E-state index is 0.362. The molecule has 0 fully saturated rings. The van der Waals surface area contributed by atoms with Crippen LogP contribution in [-0.2, 0) is 0 Å². The zero-order valence-electron chi connectivity index (χ0n) is 11.4. The topological polar surface area (TPSA) is 76.8 Å². The maximum atomic E-state index is 5.51.